The fraction of sp³-hybridized carbons (Fsp3) is 0.400. The number of fused-ring (bicyclic) bond motifs is 3. The summed E-state index contributed by atoms with van der Waals surface area (Å²) in [7, 11) is 0. The Hall–Kier alpha value is -2.15. The number of aromatic nitrogens is 2. The Morgan fingerprint density at radius 3 is 2.85 bits per heavy atom. The molecule has 1 saturated heterocycles. The third-order valence-corrected chi connectivity index (χ3v) is 5.14. The van der Waals surface area contributed by atoms with Crippen LogP contribution in [-0.2, 0) is 4.74 Å². The second kappa shape index (κ2) is 6.48. The van der Waals surface area contributed by atoms with Crippen LogP contribution in [0.3, 0.4) is 0 Å². The van der Waals surface area contributed by atoms with Crippen LogP contribution < -0.4 is 0 Å². The summed E-state index contributed by atoms with van der Waals surface area (Å²) in [6, 6.07) is 9.51. The molecule has 2 unspecified atom stereocenters. The van der Waals surface area contributed by atoms with Crippen molar-refractivity contribution in [2.45, 2.75) is 45.0 Å². The lowest BCUT2D eigenvalue weighted by Gasteiger charge is -2.27. The SMILES string of the molecule is CC(C)(C)OC(=O)N1CC(F)CC1c1nc2c(ccc3cc(Br)ccc32)[nH]1. The van der Waals surface area contributed by atoms with E-state index in [-0.39, 0.29) is 13.0 Å². The Bertz CT molecular complexity index is 1030. The van der Waals surface area contributed by atoms with Crippen LogP contribution in [0, 0.1) is 0 Å². The molecule has 1 aliphatic rings. The van der Waals surface area contributed by atoms with E-state index in [0.717, 1.165) is 26.3 Å². The fourth-order valence-corrected chi connectivity index (χ4v) is 3.89. The molecule has 0 bridgehead atoms. The molecule has 2 aromatic carbocycles. The maximum absolute atomic E-state index is 14.2. The Labute approximate surface area is 165 Å². The number of carbonyl (C=O) groups is 1. The quantitative estimate of drug-likeness (QED) is 0.551. The van der Waals surface area contributed by atoms with Gasteiger partial charge >= 0.3 is 6.09 Å². The number of aromatic amines is 1. The molecule has 0 spiro atoms. The molecule has 1 amide bonds. The number of hydrogen-bond acceptors (Lipinski definition) is 3. The van der Waals surface area contributed by atoms with E-state index in [1.807, 2.05) is 30.3 Å². The van der Waals surface area contributed by atoms with Crippen molar-refractivity contribution in [2.24, 2.45) is 0 Å². The average Bonchev–Trinajstić information content (AvgIpc) is 3.16. The highest BCUT2D eigenvalue weighted by atomic mass is 79.9. The molecular weight excluding hydrogens is 413 g/mol. The first-order valence-electron chi connectivity index (χ1n) is 8.93. The summed E-state index contributed by atoms with van der Waals surface area (Å²) in [5.41, 5.74) is 1.06. The van der Waals surface area contributed by atoms with Gasteiger partial charge in [-0.25, -0.2) is 14.2 Å². The summed E-state index contributed by atoms with van der Waals surface area (Å²) >= 11 is 3.48. The largest absolute Gasteiger partial charge is 0.444 e. The lowest BCUT2D eigenvalue weighted by Crippen LogP contribution is -2.37. The van der Waals surface area contributed by atoms with Crippen molar-refractivity contribution >= 4 is 43.8 Å². The van der Waals surface area contributed by atoms with Gasteiger partial charge in [-0.15, -0.1) is 0 Å². The zero-order valence-corrected chi connectivity index (χ0v) is 17.0. The molecule has 1 aromatic heterocycles. The zero-order valence-electron chi connectivity index (χ0n) is 15.4. The molecule has 2 atom stereocenters. The molecule has 0 aliphatic carbocycles. The normalized spacial score (nSPS) is 20.6. The van der Waals surface area contributed by atoms with Gasteiger partial charge in [0.05, 0.1) is 23.6 Å². The summed E-state index contributed by atoms with van der Waals surface area (Å²) in [5.74, 6) is 0.589. The molecule has 2 heterocycles. The monoisotopic (exact) mass is 433 g/mol. The number of imidazole rings is 1. The molecule has 1 N–H and O–H groups in total. The van der Waals surface area contributed by atoms with Crippen molar-refractivity contribution in [3.63, 3.8) is 0 Å². The van der Waals surface area contributed by atoms with Gasteiger partial charge in [-0.05, 0) is 44.4 Å². The van der Waals surface area contributed by atoms with Gasteiger partial charge in [-0.3, -0.25) is 4.90 Å². The third-order valence-electron chi connectivity index (χ3n) is 4.64. The summed E-state index contributed by atoms with van der Waals surface area (Å²) < 4.78 is 20.6. The fourth-order valence-electron chi connectivity index (χ4n) is 3.52. The molecule has 142 valence electrons. The number of benzene rings is 2. The number of halogens is 2. The second-order valence-electron chi connectivity index (χ2n) is 7.93. The van der Waals surface area contributed by atoms with Crippen molar-refractivity contribution < 1.29 is 13.9 Å². The number of amides is 1. The number of H-pyrrole nitrogens is 1. The molecule has 0 radical (unpaired) electrons. The summed E-state index contributed by atoms with van der Waals surface area (Å²) in [6.45, 7) is 5.42. The topological polar surface area (TPSA) is 58.2 Å². The van der Waals surface area contributed by atoms with Crippen molar-refractivity contribution in [3.05, 3.63) is 40.6 Å². The van der Waals surface area contributed by atoms with Crippen molar-refractivity contribution in [1.82, 2.24) is 14.9 Å². The van der Waals surface area contributed by atoms with E-state index in [1.165, 1.54) is 4.90 Å². The molecule has 4 rings (SSSR count). The highest BCUT2D eigenvalue weighted by Crippen LogP contribution is 2.35. The standard InChI is InChI=1S/C20H21BrFN3O2/c1-20(2,3)27-19(26)25-10-13(22)9-16(25)18-23-15-7-4-11-8-12(21)5-6-14(11)17(15)24-18/h4-8,13,16H,9-10H2,1-3H3,(H,23,24). The van der Waals surface area contributed by atoms with E-state index in [0.29, 0.717) is 5.82 Å². The first-order valence-corrected chi connectivity index (χ1v) is 9.72. The van der Waals surface area contributed by atoms with Gasteiger partial charge in [0.25, 0.3) is 0 Å². The van der Waals surface area contributed by atoms with Crippen LogP contribution in [0.1, 0.15) is 39.1 Å². The number of nitrogens with one attached hydrogen (secondary N) is 1. The molecule has 1 aliphatic heterocycles. The highest BCUT2D eigenvalue weighted by molar-refractivity contribution is 9.10. The van der Waals surface area contributed by atoms with Crippen LogP contribution >= 0.6 is 15.9 Å². The number of nitrogens with zero attached hydrogens (tertiary/aromatic N) is 2. The second-order valence-corrected chi connectivity index (χ2v) is 8.85. The summed E-state index contributed by atoms with van der Waals surface area (Å²) in [6.07, 6.45) is -1.40. The van der Waals surface area contributed by atoms with Gasteiger partial charge in [0, 0.05) is 16.3 Å². The Balaban J connectivity index is 1.73. The van der Waals surface area contributed by atoms with Gasteiger partial charge in [0.15, 0.2) is 0 Å². The van der Waals surface area contributed by atoms with E-state index in [1.54, 1.807) is 20.8 Å². The van der Waals surface area contributed by atoms with Crippen LogP contribution in [-0.4, -0.2) is 39.3 Å². The van der Waals surface area contributed by atoms with Crippen molar-refractivity contribution in [2.75, 3.05) is 6.54 Å². The zero-order chi connectivity index (χ0) is 19.3. The Morgan fingerprint density at radius 1 is 1.33 bits per heavy atom. The van der Waals surface area contributed by atoms with E-state index >= 15 is 0 Å². The molecule has 5 nitrogen and oxygen atoms in total. The summed E-state index contributed by atoms with van der Waals surface area (Å²) in [4.78, 5) is 22.0. The van der Waals surface area contributed by atoms with E-state index in [9.17, 15) is 9.18 Å². The number of ether oxygens (including phenoxy) is 1. The maximum Gasteiger partial charge on any atom is 0.411 e. The predicted molar refractivity (Wildman–Crippen MR) is 106 cm³/mol. The smallest absolute Gasteiger partial charge is 0.411 e. The minimum Gasteiger partial charge on any atom is -0.444 e. The van der Waals surface area contributed by atoms with E-state index < -0.39 is 23.9 Å². The minimum atomic E-state index is -1.09. The van der Waals surface area contributed by atoms with Crippen molar-refractivity contribution in [3.8, 4) is 0 Å². The molecular formula is C20H21BrFN3O2. The van der Waals surface area contributed by atoms with Gasteiger partial charge in [-0.1, -0.05) is 28.1 Å². The molecule has 0 saturated carbocycles. The summed E-state index contributed by atoms with van der Waals surface area (Å²) in [5, 5.41) is 2.07. The molecule has 3 aromatic rings. The van der Waals surface area contributed by atoms with E-state index in [4.69, 9.17) is 9.72 Å². The van der Waals surface area contributed by atoms with Crippen LogP contribution in [0.5, 0.6) is 0 Å². The highest BCUT2D eigenvalue weighted by Gasteiger charge is 2.40. The number of likely N-dealkylation sites (tertiary alicyclic amines) is 1. The van der Waals surface area contributed by atoms with Crippen LogP contribution in [0.15, 0.2) is 34.8 Å². The molecule has 27 heavy (non-hydrogen) atoms. The maximum atomic E-state index is 14.2. The third kappa shape index (κ3) is 3.52. The molecule has 1 fully saturated rings. The number of hydrogen-bond donors (Lipinski definition) is 1. The number of alkyl halides is 1. The van der Waals surface area contributed by atoms with Crippen LogP contribution in [0.4, 0.5) is 9.18 Å². The van der Waals surface area contributed by atoms with Crippen molar-refractivity contribution in [1.29, 1.82) is 0 Å². The number of rotatable bonds is 1. The first-order chi connectivity index (χ1) is 12.7. The Kier molecular flexibility index (Phi) is 4.37. The van der Waals surface area contributed by atoms with Gasteiger partial charge in [-0.2, -0.15) is 0 Å². The van der Waals surface area contributed by atoms with Gasteiger partial charge in [0.2, 0.25) is 0 Å². The Morgan fingerprint density at radius 2 is 2.11 bits per heavy atom. The average molecular weight is 434 g/mol. The minimum absolute atomic E-state index is 0.0182. The lowest BCUT2D eigenvalue weighted by molar-refractivity contribution is 0.0211. The lowest BCUT2D eigenvalue weighted by atomic mass is 10.1. The van der Waals surface area contributed by atoms with E-state index in [2.05, 4.69) is 20.9 Å². The van der Waals surface area contributed by atoms with Crippen LogP contribution in [0.25, 0.3) is 21.8 Å². The van der Waals surface area contributed by atoms with Crippen LogP contribution in [0.2, 0.25) is 0 Å². The molecule has 7 heteroatoms. The van der Waals surface area contributed by atoms with Gasteiger partial charge < -0.3 is 9.72 Å². The number of carbonyl (C=O) groups excluding carboxylic acids is 1. The first kappa shape index (κ1) is 18.2. The van der Waals surface area contributed by atoms with Gasteiger partial charge in [0.1, 0.15) is 17.6 Å². The predicted octanol–water partition coefficient (Wildman–Crippen LogP) is 5.50.